The third-order valence-corrected chi connectivity index (χ3v) is 6.38. The van der Waals surface area contributed by atoms with Gasteiger partial charge in [-0.2, -0.15) is 0 Å². The second-order valence-electron chi connectivity index (χ2n) is 6.04. The molecule has 2 nitrogen and oxygen atoms in total. The number of piperidine rings is 1. The van der Waals surface area contributed by atoms with Gasteiger partial charge in [0.05, 0.1) is 0 Å². The summed E-state index contributed by atoms with van der Waals surface area (Å²) >= 11 is 2.17. The first-order valence-electron chi connectivity index (χ1n) is 7.49. The van der Waals surface area contributed by atoms with Gasteiger partial charge in [0.2, 0.25) is 0 Å². The minimum atomic E-state index is 0.978. The van der Waals surface area contributed by atoms with Crippen LogP contribution in [0.5, 0.6) is 0 Å². The molecule has 17 heavy (non-hydrogen) atoms. The maximum Gasteiger partial charge on any atom is 0.0195 e. The van der Waals surface area contributed by atoms with Gasteiger partial charge in [0.1, 0.15) is 0 Å². The molecule has 0 amide bonds. The van der Waals surface area contributed by atoms with E-state index in [-0.39, 0.29) is 0 Å². The Bertz CT molecular complexity index is 241. The molecule has 98 valence electrons. The molecule has 0 N–H and O–H groups in total. The van der Waals surface area contributed by atoms with Crippen LogP contribution in [0.25, 0.3) is 0 Å². The van der Waals surface area contributed by atoms with Crippen molar-refractivity contribution in [1.29, 1.82) is 0 Å². The number of rotatable bonds is 4. The topological polar surface area (TPSA) is 6.48 Å². The van der Waals surface area contributed by atoms with Gasteiger partial charge in [0.25, 0.3) is 0 Å². The molecule has 0 unspecified atom stereocenters. The molecule has 0 aromatic carbocycles. The first-order chi connectivity index (χ1) is 8.35. The highest BCUT2D eigenvalue weighted by atomic mass is 32.2. The summed E-state index contributed by atoms with van der Waals surface area (Å²) in [6.07, 6.45) is 7.34. The van der Waals surface area contributed by atoms with E-state index in [1.807, 2.05) is 0 Å². The van der Waals surface area contributed by atoms with Gasteiger partial charge in [-0.3, -0.25) is 4.31 Å². The van der Waals surface area contributed by atoms with Crippen molar-refractivity contribution in [3.05, 3.63) is 0 Å². The molecule has 0 bridgehead atoms. The van der Waals surface area contributed by atoms with E-state index in [2.05, 4.69) is 28.1 Å². The molecule has 2 heterocycles. The highest BCUT2D eigenvalue weighted by Gasteiger charge is 2.35. The minimum absolute atomic E-state index is 0.978. The van der Waals surface area contributed by atoms with Gasteiger partial charge in [-0.05, 0) is 44.1 Å². The summed E-state index contributed by atoms with van der Waals surface area (Å²) in [5, 5.41) is 0.978. The Morgan fingerprint density at radius 1 is 1.00 bits per heavy atom. The van der Waals surface area contributed by atoms with Crippen molar-refractivity contribution < 1.29 is 0 Å². The molecular weight excluding hydrogens is 228 g/mol. The lowest BCUT2D eigenvalue weighted by atomic mass is 9.80. The van der Waals surface area contributed by atoms with Crippen LogP contribution >= 0.6 is 11.9 Å². The lowest BCUT2D eigenvalue weighted by Gasteiger charge is -2.46. The Kier molecular flexibility index (Phi) is 3.98. The molecule has 3 heteroatoms. The van der Waals surface area contributed by atoms with Crippen molar-refractivity contribution in [2.45, 2.75) is 44.3 Å². The molecule has 0 aromatic heterocycles. The maximum atomic E-state index is 2.66. The normalized spacial score (nSPS) is 30.2. The van der Waals surface area contributed by atoms with Gasteiger partial charge in [0.15, 0.2) is 0 Å². The number of hydrogen-bond acceptors (Lipinski definition) is 3. The predicted octanol–water partition coefficient (Wildman–Crippen LogP) is 2.85. The van der Waals surface area contributed by atoms with E-state index in [1.165, 1.54) is 64.8 Å². The Hall–Kier alpha value is 0.270. The smallest absolute Gasteiger partial charge is 0.0195 e. The molecule has 0 radical (unpaired) electrons. The molecule has 0 aromatic rings. The highest BCUT2D eigenvalue weighted by Crippen LogP contribution is 2.38. The van der Waals surface area contributed by atoms with Gasteiger partial charge in [-0.1, -0.05) is 25.3 Å². The fourth-order valence-corrected chi connectivity index (χ4v) is 4.69. The van der Waals surface area contributed by atoms with Crippen molar-refractivity contribution in [2.75, 3.05) is 32.7 Å². The maximum absolute atomic E-state index is 2.66. The lowest BCUT2D eigenvalue weighted by Crippen LogP contribution is -2.51. The van der Waals surface area contributed by atoms with Crippen molar-refractivity contribution in [3.63, 3.8) is 0 Å². The van der Waals surface area contributed by atoms with Crippen LogP contribution in [0.3, 0.4) is 0 Å². The molecule has 3 rings (SSSR count). The van der Waals surface area contributed by atoms with E-state index in [4.69, 9.17) is 0 Å². The molecule has 1 saturated carbocycles. The van der Waals surface area contributed by atoms with E-state index in [0.29, 0.717) is 0 Å². The van der Waals surface area contributed by atoms with Gasteiger partial charge >= 0.3 is 0 Å². The van der Waals surface area contributed by atoms with Crippen LogP contribution in [-0.4, -0.2) is 47.2 Å². The molecule has 3 fully saturated rings. The second-order valence-corrected chi connectivity index (χ2v) is 7.43. The summed E-state index contributed by atoms with van der Waals surface area (Å²) < 4.78 is 2.66. The van der Waals surface area contributed by atoms with Gasteiger partial charge in [-0.25, -0.2) is 0 Å². The highest BCUT2D eigenvalue weighted by molar-refractivity contribution is 7.97. The molecule has 0 spiro atoms. The van der Waals surface area contributed by atoms with Gasteiger partial charge in [-0.15, -0.1) is 0 Å². The van der Waals surface area contributed by atoms with E-state index in [0.717, 1.165) is 17.1 Å². The molecule has 3 aliphatic rings. The number of likely N-dealkylation sites (tertiary alicyclic amines) is 1. The first-order valence-corrected chi connectivity index (χ1v) is 8.33. The van der Waals surface area contributed by atoms with E-state index in [1.54, 1.807) is 0 Å². The molecule has 2 aliphatic heterocycles. The Labute approximate surface area is 110 Å². The third kappa shape index (κ3) is 2.82. The summed E-state index contributed by atoms with van der Waals surface area (Å²) in [7, 11) is 0. The fraction of sp³-hybridized carbons (Fsp3) is 1.00. The van der Waals surface area contributed by atoms with Crippen molar-refractivity contribution >= 4 is 11.9 Å². The van der Waals surface area contributed by atoms with E-state index >= 15 is 0 Å². The van der Waals surface area contributed by atoms with Crippen molar-refractivity contribution in [1.82, 2.24) is 9.21 Å². The average molecular weight is 254 g/mol. The van der Waals surface area contributed by atoms with E-state index in [9.17, 15) is 0 Å². The van der Waals surface area contributed by atoms with Crippen LogP contribution in [0.15, 0.2) is 0 Å². The number of hydrogen-bond donors (Lipinski definition) is 0. The minimum Gasteiger partial charge on any atom is -0.303 e. The standard InChI is InChI=1S/C14H26N2S/c1-2-15-10-13(11-15)12-6-8-16(9-7-12)17-14-4-3-5-14/h12-14H,2-11H2,1H3. The van der Waals surface area contributed by atoms with Crippen LogP contribution in [-0.2, 0) is 0 Å². The summed E-state index contributed by atoms with van der Waals surface area (Å²) in [6.45, 7) is 9.03. The zero-order valence-corrected chi connectivity index (χ0v) is 11.9. The second kappa shape index (κ2) is 5.50. The van der Waals surface area contributed by atoms with Crippen LogP contribution in [0.4, 0.5) is 0 Å². The summed E-state index contributed by atoms with van der Waals surface area (Å²) in [5.74, 6) is 2.07. The molecule has 1 aliphatic carbocycles. The zero-order valence-electron chi connectivity index (χ0n) is 11.1. The Balaban J connectivity index is 1.36. The van der Waals surface area contributed by atoms with Crippen molar-refractivity contribution in [2.24, 2.45) is 11.8 Å². The van der Waals surface area contributed by atoms with Crippen LogP contribution in [0.2, 0.25) is 0 Å². The summed E-state index contributed by atoms with van der Waals surface area (Å²) in [6, 6.07) is 0. The average Bonchev–Trinajstić information content (AvgIpc) is 2.24. The Morgan fingerprint density at radius 3 is 2.24 bits per heavy atom. The SMILES string of the molecule is CCN1CC(C2CCN(SC3CCC3)CC2)C1. The Morgan fingerprint density at radius 2 is 1.71 bits per heavy atom. The monoisotopic (exact) mass is 254 g/mol. The van der Waals surface area contributed by atoms with Gasteiger partial charge in [0, 0.05) is 31.4 Å². The van der Waals surface area contributed by atoms with Crippen LogP contribution < -0.4 is 0 Å². The third-order valence-electron chi connectivity index (χ3n) is 4.95. The zero-order chi connectivity index (χ0) is 11.7. The van der Waals surface area contributed by atoms with Gasteiger partial charge < -0.3 is 4.90 Å². The van der Waals surface area contributed by atoms with E-state index < -0.39 is 0 Å². The molecular formula is C14H26N2S. The number of nitrogens with zero attached hydrogens (tertiary/aromatic N) is 2. The largest absolute Gasteiger partial charge is 0.303 e. The molecule has 2 saturated heterocycles. The molecule has 0 atom stereocenters. The predicted molar refractivity (Wildman–Crippen MR) is 75.1 cm³/mol. The first kappa shape index (κ1) is 12.3. The summed E-state index contributed by atoms with van der Waals surface area (Å²) in [4.78, 5) is 2.58. The van der Waals surface area contributed by atoms with Crippen LogP contribution in [0.1, 0.15) is 39.0 Å². The van der Waals surface area contributed by atoms with Crippen molar-refractivity contribution in [3.8, 4) is 0 Å². The summed E-state index contributed by atoms with van der Waals surface area (Å²) in [5.41, 5.74) is 0. The fourth-order valence-electron chi connectivity index (χ4n) is 3.31. The van der Waals surface area contributed by atoms with Crippen LogP contribution in [0, 0.1) is 11.8 Å². The quantitative estimate of drug-likeness (QED) is 0.712. The lowest BCUT2D eigenvalue weighted by molar-refractivity contribution is 0.0432.